The Hall–Kier alpha value is 1.52. The summed E-state index contributed by atoms with van der Waals surface area (Å²) in [7, 11) is 0. The van der Waals surface area contributed by atoms with E-state index in [0.717, 1.165) is 0 Å². The van der Waals surface area contributed by atoms with Crippen LogP contribution >= 0.6 is 0 Å². The van der Waals surface area contributed by atoms with Gasteiger partial charge in [-0.2, -0.15) is 0 Å². The van der Waals surface area contributed by atoms with Crippen molar-refractivity contribution in [3.05, 3.63) is 0 Å². The largest absolute Gasteiger partial charge is 4.00 e. The molecule has 0 unspecified atom stereocenters. The standard InChI is InChI=1S/Cd.3O.Ti/q+2;3*-2;+4. The molecule has 0 N–H and O–H groups in total. The summed E-state index contributed by atoms with van der Waals surface area (Å²) in [4.78, 5) is 0. The van der Waals surface area contributed by atoms with Gasteiger partial charge in [-0.1, -0.05) is 0 Å². The molecule has 0 heterocycles. The Labute approximate surface area is 65.1 Å². The maximum Gasteiger partial charge on any atom is 4.00 e. The first-order valence-electron chi connectivity index (χ1n) is 0. The van der Waals surface area contributed by atoms with Crippen LogP contribution in [0.5, 0.6) is 0 Å². The SMILES string of the molecule is [Cd+2].[O-2].[O-2].[O-2].[Ti+4]. The van der Waals surface area contributed by atoms with E-state index >= 15 is 0 Å². The van der Waals surface area contributed by atoms with Gasteiger partial charge in [0.15, 0.2) is 0 Å². The summed E-state index contributed by atoms with van der Waals surface area (Å²) in [5.74, 6) is 0. The van der Waals surface area contributed by atoms with Crippen LogP contribution in [0, 0.1) is 0 Å². The first kappa shape index (κ1) is 86.2. The van der Waals surface area contributed by atoms with Gasteiger partial charge in [0.2, 0.25) is 0 Å². The van der Waals surface area contributed by atoms with Crippen LogP contribution in [0.15, 0.2) is 0 Å². The Morgan fingerprint density at radius 3 is 0.600 bits per heavy atom. The average molecular weight is 208 g/mol. The molecule has 3 nitrogen and oxygen atoms in total. The minimum atomic E-state index is 0. The maximum atomic E-state index is 0. The van der Waals surface area contributed by atoms with Crippen LogP contribution in [0.3, 0.4) is 0 Å². The zero-order valence-electron chi connectivity index (χ0n) is 2.43. The fourth-order valence-electron chi connectivity index (χ4n) is 0. The molecule has 0 bridgehead atoms. The third kappa shape index (κ3) is 29.7. The van der Waals surface area contributed by atoms with E-state index in [-0.39, 0.29) is 65.4 Å². The zero-order chi connectivity index (χ0) is 0. The van der Waals surface area contributed by atoms with Crippen molar-refractivity contribution in [3.63, 3.8) is 0 Å². The van der Waals surface area contributed by atoms with Crippen molar-refractivity contribution in [1.29, 1.82) is 0 Å². The predicted molar refractivity (Wildman–Crippen MR) is 2.06 cm³/mol. The molecule has 0 aliphatic carbocycles. The van der Waals surface area contributed by atoms with Crippen molar-refractivity contribution >= 4 is 0 Å². The molecule has 0 aliphatic rings. The smallest absolute Gasteiger partial charge is 2.00 e. The fourth-order valence-corrected chi connectivity index (χ4v) is 0. The topological polar surface area (TPSA) is 85.5 Å². The van der Waals surface area contributed by atoms with Crippen molar-refractivity contribution in [3.8, 4) is 0 Å². The molecule has 0 radical (unpaired) electrons. The van der Waals surface area contributed by atoms with Crippen molar-refractivity contribution < 1.29 is 65.4 Å². The minimum absolute atomic E-state index is 0. The van der Waals surface area contributed by atoms with Gasteiger partial charge in [-0.05, 0) is 0 Å². The summed E-state index contributed by atoms with van der Waals surface area (Å²) in [6.07, 6.45) is 0. The second-order valence-electron chi connectivity index (χ2n) is 0. The molecule has 5 heavy (non-hydrogen) atoms. The monoisotopic (exact) mass is 210 g/mol. The van der Waals surface area contributed by atoms with Crippen LogP contribution < -0.4 is 0 Å². The fraction of sp³-hybridized carbons (Fsp3) is 0. The summed E-state index contributed by atoms with van der Waals surface area (Å²) in [6.45, 7) is 0. The third-order valence-corrected chi connectivity index (χ3v) is 0. The molecule has 0 saturated heterocycles. The van der Waals surface area contributed by atoms with Crippen molar-refractivity contribution in [2.45, 2.75) is 0 Å². The maximum absolute atomic E-state index is 0. The molecule has 0 atom stereocenters. The van der Waals surface area contributed by atoms with Gasteiger partial charge in [-0.15, -0.1) is 0 Å². The number of hydrogen-bond acceptors (Lipinski definition) is 0. The summed E-state index contributed by atoms with van der Waals surface area (Å²) < 4.78 is 0. The second-order valence-corrected chi connectivity index (χ2v) is 0. The normalized spacial score (nSPS) is 0. The molecule has 0 fully saturated rings. The van der Waals surface area contributed by atoms with Crippen molar-refractivity contribution in [1.82, 2.24) is 0 Å². The quantitative estimate of drug-likeness (QED) is 0.487. The molecule has 0 aromatic heterocycles. The summed E-state index contributed by atoms with van der Waals surface area (Å²) in [5, 5.41) is 0. The van der Waals surface area contributed by atoms with Gasteiger partial charge >= 0.3 is 49.0 Å². The van der Waals surface area contributed by atoms with E-state index in [4.69, 9.17) is 0 Å². The molecule has 5 heteroatoms. The van der Waals surface area contributed by atoms with Crippen LogP contribution in [0.2, 0.25) is 0 Å². The van der Waals surface area contributed by atoms with E-state index in [9.17, 15) is 0 Å². The number of rotatable bonds is 0. The molecule has 0 aliphatic heterocycles. The molecule has 0 saturated carbocycles. The van der Waals surface area contributed by atoms with Gasteiger partial charge in [0.05, 0.1) is 0 Å². The van der Waals surface area contributed by atoms with E-state index in [1.54, 1.807) is 0 Å². The van der Waals surface area contributed by atoms with Gasteiger partial charge < -0.3 is 16.4 Å². The first-order valence-corrected chi connectivity index (χ1v) is 0. The van der Waals surface area contributed by atoms with Crippen molar-refractivity contribution in [2.24, 2.45) is 0 Å². The molecule has 0 aromatic carbocycles. The Bertz CT molecular complexity index is 6.85. The van der Waals surface area contributed by atoms with E-state index in [2.05, 4.69) is 0 Å². The summed E-state index contributed by atoms with van der Waals surface area (Å²) >= 11 is 0. The van der Waals surface area contributed by atoms with Gasteiger partial charge in [-0.3, -0.25) is 0 Å². The van der Waals surface area contributed by atoms with E-state index < -0.39 is 0 Å². The molecule has 24 valence electrons. The van der Waals surface area contributed by atoms with Crippen LogP contribution in [0.25, 0.3) is 0 Å². The second kappa shape index (κ2) is 48.9. The molecule has 0 rings (SSSR count). The Morgan fingerprint density at radius 1 is 0.600 bits per heavy atom. The molecular weight excluding hydrogens is 208 g/mol. The Morgan fingerprint density at radius 2 is 0.600 bits per heavy atom. The Balaban J connectivity index is 0. The first-order chi connectivity index (χ1) is 0. The zero-order valence-corrected chi connectivity index (χ0v) is 8.03. The van der Waals surface area contributed by atoms with Crippen molar-refractivity contribution in [2.75, 3.05) is 0 Å². The van der Waals surface area contributed by atoms with Crippen LogP contribution in [-0.4, -0.2) is 0 Å². The average Bonchev–Trinajstić information content (AvgIpc) is 0. The van der Waals surface area contributed by atoms with Gasteiger partial charge in [0.1, 0.15) is 0 Å². The Kier molecular flexibility index (Phi) is 844. The molecular formula is CdO3Ti. The summed E-state index contributed by atoms with van der Waals surface area (Å²) in [6, 6.07) is 0. The van der Waals surface area contributed by atoms with Crippen LogP contribution in [-0.2, 0) is 65.4 Å². The molecule has 0 amide bonds. The van der Waals surface area contributed by atoms with E-state index in [1.807, 2.05) is 0 Å². The van der Waals surface area contributed by atoms with Gasteiger partial charge in [0.25, 0.3) is 0 Å². The molecule has 0 aromatic rings. The van der Waals surface area contributed by atoms with E-state index in [0.29, 0.717) is 0 Å². The molecule has 0 spiro atoms. The predicted octanol–water partition coefficient (Wildman–Crippen LogP) is -0.361. The third-order valence-electron chi connectivity index (χ3n) is 0. The minimum Gasteiger partial charge on any atom is -2.00 e. The van der Waals surface area contributed by atoms with Crippen LogP contribution in [0.1, 0.15) is 0 Å². The van der Waals surface area contributed by atoms with E-state index in [1.165, 1.54) is 0 Å². The van der Waals surface area contributed by atoms with Gasteiger partial charge in [0, 0.05) is 0 Å². The number of hydrogen-bond donors (Lipinski definition) is 0. The van der Waals surface area contributed by atoms with Gasteiger partial charge in [-0.25, -0.2) is 0 Å². The van der Waals surface area contributed by atoms with Crippen LogP contribution in [0.4, 0.5) is 0 Å². The summed E-state index contributed by atoms with van der Waals surface area (Å²) in [5.41, 5.74) is 0.